The Kier molecular flexibility index (Phi) is 4.92. The van der Waals surface area contributed by atoms with E-state index < -0.39 is 0 Å². The lowest BCUT2D eigenvalue weighted by Gasteiger charge is -2.23. The zero-order valence-electron chi connectivity index (χ0n) is 15.0. The fourth-order valence-corrected chi connectivity index (χ4v) is 3.91. The highest BCUT2D eigenvalue weighted by Crippen LogP contribution is 2.29. The van der Waals surface area contributed by atoms with Crippen molar-refractivity contribution < 1.29 is 9.59 Å². The van der Waals surface area contributed by atoms with Crippen LogP contribution in [0.1, 0.15) is 49.1 Å². The molecule has 1 N–H and O–H groups in total. The van der Waals surface area contributed by atoms with Crippen LogP contribution < -0.4 is 5.32 Å². The van der Waals surface area contributed by atoms with E-state index in [1.54, 1.807) is 0 Å². The lowest BCUT2D eigenvalue weighted by atomic mass is 10.1. The summed E-state index contributed by atoms with van der Waals surface area (Å²) >= 11 is 0. The van der Waals surface area contributed by atoms with Crippen LogP contribution in [0, 0.1) is 26.7 Å². The number of nitrogens with zero attached hydrogens (tertiary/aromatic N) is 3. The summed E-state index contributed by atoms with van der Waals surface area (Å²) in [7, 11) is 0. The molecule has 1 aliphatic heterocycles. The molecule has 6 nitrogen and oxygen atoms in total. The number of carbonyl (C=O) groups is 2. The monoisotopic (exact) mass is 332 g/mol. The Hall–Kier alpha value is -1.85. The van der Waals surface area contributed by atoms with Crippen molar-refractivity contribution in [3.05, 3.63) is 17.0 Å². The first kappa shape index (κ1) is 17.0. The molecule has 0 aromatic carbocycles. The molecule has 6 heteroatoms. The van der Waals surface area contributed by atoms with Crippen LogP contribution in [0.5, 0.6) is 0 Å². The molecule has 3 rings (SSSR count). The van der Waals surface area contributed by atoms with Gasteiger partial charge in [-0.25, -0.2) is 0 Å². The van der Waals surface area contributed by atoms with E-state index in [0.717, 1.165) is 24.2 Å². The minimum atomic E-state index is -0.194. The van der Waals surface area contributed by atoms with Crippen LogP contribution in [0.15, 0.2) is 0 Å². The molecule has 0 bridgehead atoms. The summed E-state index contributed by atoms with van der Waals surface area (Å²) in [6.45, 7) is 7.92. The Morgan fingerprint density at radius 2 is 1.96 bits per heavy atom. The quantitative estimate of drug-likeness (QED) is 0.893. The highest BCUT2D eigenvalue weighted by Gasteiger charge is 2.38. The summed E-state index contributed by atoms with van der Waals surface area (Å²) in [5.41, 5.74) is 3.38. The molecular weight excluding hydrogens is 304 g/mol. The summed E-state index contributed by atoms with van der Waals surface area (Å²) in [6, 6.07) is 0.368. The lowest BCUT2D eigenvalue weighted by Crippen LogP contribution is -2.37. The third-order valence-electron chi connectivity index (χ3n) is 5.66. The van der Waals surface area contributed by atoms with Crippen molar-refractivity contribution in [3.63, 3.8) is 0 Å². The van der Waals surface area contributed by atoms with Gasteiger partial charge in [-0.3, -0.25) is 14.3 Å². The first-order chi connectivity index (χ1) is 11.5. The van der Waals surface area contributed by atoms with Gasteiger partial charge < -0.3 is 10.2 Å². The molecule has 1 aromatic heterocycles. The number of hydrogen-bond acceptors (Lipinski definition) is 3. The van der Waals surface area contributed by atoms with Crippen molar-refractivity contribution in [3.8, 4) is 0 Å². The number of carbonyl (C=O) groups excluding carboxylic acids is 2. The van der Waals surface area contributed by atoms with E-state index in [1.165, 1.54) is 18.4 Å². The van der Waals surface area contributed by atoms with Crippen LogP contribution in [-0.4, -0.2) is 45.6 Å². The standard InChI is InChI=1S/C18H28N4O2/c1-12-13(2)20-22(14(12)3)9-8-19-18(24)15-10-17(23)21(11-15)16-6-4-5-7-16/h15-16H,4-11H2,1-3H3,(H,19,24). The predicted molar refractivity (Wildman–Crippen MR) is 91.5 cm³/mol. The van der Waals surface area contributed by atoms with E-state index in [1.807, 2.05) is 23.4 Å². The minimum absolute atomic E-state index is 0.00194. The molecule has 1 aliphatic carbocycles. The predicted octanol–water partition coefficient (Wildman–Crippen LogP) is 1.72. The topological polar surface area (TPSA) is 67.2 Å². The third kappa shape index (κ3) is 3.32. The van der Waals surface area contributed by atoms with E-state index in [9.17, 15) is 9.59 Å². The van der Waals surface area contributed by atoms with Gasteiger partial charge in [0.15, 0.2) is 0 Å². The minimum Gasteiger partial charge on any atom is -0.354 e. The molecule has 0 spiro atoms. The van der Waals surface area contributed by atoms with E-state index in [0.29, 0.717) is 32.1 Å². The largest absolute Gasteiger partial charge is 0.354 e. The zero-order valence-corrected chi connectivity index (χ0v) is 15.0. The van der Waals surface area contributed by atoms with E-state index in [-0.39, 0.29) is 17.7 Å². The average molecular weight is 332 g/mol. The number of amides is 2. The summed E-state index contributed by atoms with van der Waals surface area (Å²) in [5.74, 6) is -0.0430. The zero-order chi connectivity index (χ0) is 17.3. The summed E-state index contributed by atoms with van der Waals surface area (Å²) < 4.78 is 1.94. The molecule has 132 valence electrons. The van der Waals surface area contributed by atoms with Crippen LogP contribution in [0.4, 0.5) is 0 Å². The van der Waals surface area contributed by atoms with Crippen molar-refractivity contribution >= 4 is 11.8 Å². The Morgan fingerprint density at radius 3 is 2.58 bits per heavy atom. The van der Waals surface area contributed by atoms with Crippen molar-refractivity contribution in [2.24, 2.45) is 5.92 Å². The molecule has 1 saturated carbocycles. The molecule has 2 aliphatic rings. The highest BCUT2D eigenvalue weighted by molar-refractivity contribution is 5.89. The summed E-state index contributed by atoms with van der Waals surface area (Å²) in [5, 5.41) is 7.47. The van der Waals surface area contributed by atoms with E-state index in [2.05, 4.69) is 17.3 Å². The van der Waals surface area contributed by atoms with Gasteiger partial charge in [0.1, 0.15) is 0 Å². The van der Waals surface area contributed by atoms with Gasteiger partial charge in [0.2, 0.25) is 11.8 Å². The maximum Gasteiger partial charge on any atom is 0.225 e. The van der Waals surface area contributed by atoms with Gasteiger partial charge in [-0.1, -0.05) is 12.8 Å². The lowest BCUT2D eigenvalue weighted by molar-refractivity contribution is -0.130. The van der Waals surface area contributed by atoms with Crippen molar-refractivity contribution in [2.75, 3.05) is 13.1 Å². The van der Waals surface area contributed by atoms with Gasteiger partial charge in [0, 0.05) is 31.2 Å². The highest BCUT2D eigenvalue weighted by atomic mass is 16.2. The number of hydrogen-bond donors (Lipinski definition) is 1. The van der Waals surface area contributed by atoms with Crippen LogP contribution in [0.2, 0.25) is 0 Å². The Morgan fingerprint density at radius 1 is 1.25 bits per heavy atom. The molecule has 2 amide bonds. The smallest absolute Gasteiger partial charge is 0.225 e. The Balaban J connectivity index is 1.48. The first-order valence-electron chi connectivity index (χ1n) is 9.05. The van der Waals surface area contributed by atoms with Gasteiger partial charge in [0.05, 0.1) is 18.2 Å². The second-order valence-electron chi connectivity index (χ2n) is 7.20. The fourth-order valence-electron chi connectivity index (χ4n) is 3.91. The maximum atomic E-state index is 12.4. The van der Waals surface area contributed by atoms with Crippen LogP contribution in [-0.2, 0) is 16.1 Å². The maximum absolute atomic E-state index is 12.4. The molecular formula is C18H28N4O2. The van der Waals surface area contributed by atoms with Crippen molar-refractivity contribution in [2.45, 2.75) is 65.5 Å². The molecule has 1 atom stereocenters. The molecule has 1 aromatic rings. The average Bonchev–Trinajstić information content (AvgIpc) is 3.25. The van der Waals surface area contributed by atoms with Gasteiger partial charge in [-0.15, -0.1) is 0 Å². The Labute approximate surface area is 143 Å². The van der Waals surface area contributed by atoms with Crippen LogP contribution in [0.25, 0.3) is 0 Å². The first-order valence-corrected chi connectivity index (χ1v) is 9.05. The van der Waals surface area contributed by atoms with Crippen LogP contribution in [0.3, 0.4) is 0 Å². The van der Waals surface area contributed by atoms with Gasteiger partial charge in [-0.2, -0.15) is 5.10 Å². The van der Waals surface area contributed by atoms with Gasteiger partial charge in [-0.05, 0) is 39.2 Å². The molecule has 2 fully saturated rings. The van der Waals surface area contributed by atoms with E-state index >= 15 is 0 Å². The van der Waals surface area contributed by atoms with Gasteiger partial charge >= 0.3 is 0 Å². The van der Waals surface area contributed by atoms with Gasteiger partial charge in [0.25, 0.3) is 0 Å². The number of likely N-dealkylation sites (tertiary alicyclic amines) is 1. The molecule has 24 heavy (non-hydrogen) atoms. The Bertz CT molecular complexity index is 631. The number of rotatable bonds is 5. The van der Waals surface area contributed by atoms with Crippen molar-refractivity contribution in [1.29, 1.82) is 0 Å². The second-order valence-corrected chi connectivity index (χ2v) is 7.20. The van der Waals surface area contributed by atoms with Crippen LogP contribution >= 0.6 is 0 Å². The normalized spacial score (nSPS) is 21.7. The van der Waals surface area contributed by atoms with Crippen molar-refractivity contribution in [1.82, 2.24) is 20.0 Å². The SMILES string of the molecule is Cc1nn(CCNC(=O)C2CC(=O)N(C3CCCC3)C2)c(C)c1C. The number of aromatic nitrogens is 2. The van der Waals surface area contributed by atoms with E-state index in [4.69, 9.17) is 0 Å². The summed E-state index contributed by atoms with van der Waals surface area (Å²) in [4.78, 5) is 26.5. The summed E-state index contributed by atoms with van der Waals surface area (Å²) in [6.07, 6.45) is 4.96. The molecule has 1 unspecified atom stereocenters. The molecule has 1 saturated heterocycles. The fraction of sp³-hybridized carbons (Fsp3) is 0.722. The second kappa shape index (κ2) is 6.95. The number of aryl methyl sites for hydroxylation is 1. The number of nitrogens with one attached hydrogen (secondary N) is 1. The third-order valence-corrected chi connectivity index (χ3v) is 5.66. The molecule has 2 heterocycles. The molecule has 0 radical (unpaired) electrons.